The third-order valence-corrected chi connectivity index (χ3v) is 5.94. The molecule has 0 amide bonds. The highest BCUT2D eigenvalue weighted by Gasteiger charge is 2.83. The van der Waals surface area contributed by atoms with Crippen molar-refractivity contribution in [2.45, 2.75) is 12.8 Å². The van der Waals surface area contributed by atoms with Crippen LogP contribution in [0.4, 0.5) is 0 Å². The van der Waals surface area contributed by atoms with Crippen LogP contribution in [-0.2, 0) is 0 Å². The first kappa shape index (κ1) is 4.13. The molecule has 0 radical (unpaired) electrons. The largest absolute Gasteiger partial charge is 0.0465 e. The standard InChI is InChI=1S/C10H12/c1-3-4-2-6-7(3)9-5(1)8(4)10(6)9/h3-10H,1-2H2. The third-order valence-electron chi connectivity index (χ3n) is 5.94. The minimum absolute atomic E-state index is 1.27. The van der Waals surface area contributed by atoms with Crippen molar-refractivity contribution < 1.29 is 0 Å². The second-order valence-corrected chi connectivity index (χ2v) is 5.44. The summed E-state index contributed by atoms with van der Waals surface area (Å²) in [5.41, 5.74) is 0. The van der Waals surface area contributed by atoms with Gasteiger partial charge >= 0.3 is 0 Å². The number of rotatable bonds is 0. The molecular formula is C10H12. The lowest BCUT2D eigenvalue weighted by Crippen LogP contribution is -2.60. The molecule has 8 atom stereocenters. The molecule has 6 fully saturated rings. The molecule has 0 spiro atoms. The van der Waals surface area contributed by atoms with Crippen molar-refractivity contribution in [1.82, 2.24) is 0 Å². The van der Waals surface area contributed by atoms with Gasteiger partial charge in [-0.05, 0) is 60.2 Å². The Balaban J connectivity index is 1.94. The van der Waals surface area contributed by atoms with Crippen molar-refractivity contribution in [2.24, 2.45) is 47.3 Å². The summed E-state index contributed by atoms with van der Waals surface area (Å²) in [6.07, 6.45) is 3.36. The van der Waals surface area contributed by atoms with Gasteiger partial charge in [-0.15, -0.1) is 0 Å². The lowest BCUT2D eigenvalue weighted by Gasteiger charge is -2.63. The van der Waals surface area contributed by atoms with E-state index in [2.05, 4.69) is 0 Å². The van der Waals surface area contributed by atoms with E-state index in [1.807, 2.05) is 0 Å². The molecule has 0 aromatic carbocycles. The minimum Gasteiger partial charge on any atom is -0.0465 e. The minimum atomic E-state index is 1.27. The van der Waals surface area contributed by atoms with Gasteiger partial charge in [0.1, 0.15) is 0 Å². The molecule has 0 nitrogen and oxygen atoms in total. The first-order valence-electron chi connectivity index (χ1n) is 4.97. The van der Waals surface area contributed by atoms with Gasteiger partial charge in [0, 0.05) is 0 Å². The molecule has 52 valence electrons. The van der Waals surface area contributed by atoms with E-state index in [0.717, 1.165) is 0 Å². The predicted octanol–water partition coefficient (Wildman–Crippen LogP) is 1.76. The number of hydrogen-bond acceptors (Lipinski definition) is 0. The van der Waals surface area contributed by atoms with Gasteiger partial charge in [-0.25, -0.2) is 0 Å². The van der Waals surface area contributed by atoms with Crippen LogP contribution in [0.5, 0.6) is 0 Å². The fraction of sp³-hybridized carbons (Fsp3) is 1.00. The Morgan fingerprint density at radius 2 is 1.00 bits per heavy atom. The zero-order valence-electron chi connectivity index (χ0n) is 6.03. The molecule has 0 aliphatic heterocycles. The second kappa shape index (κ2) is 0.852. The van der Waals surface area contributed by atoms with Gasteiger partial charge in [0.25, 0.3) is 0 Å². The van der Waals surface area contributed by atoms with Crippen LogP contribution in [-0.4, -0.2) is 0 Å². The maximum absolute atomic E-state index is 1.68. The molecular weight excluding hydrogens is 120 g/mol. The van der Waals surface area contributed by atoms with Gasteiger partial charge < -0.3 is 0 Å². The molecule has 6 aliphatic carbocycles. The highest BCUT2D eigenvalue weighted by molar-refractivity contribution is 5.30. The van der Waals surface area contributed by atoms with Crippen molar-refractivity contribution >= 4 is 0 Å². The lowest BCUT2D eigenvalue weighted by atomic mass is 9.41. The van der Waals surface area contributed by atoms with Crippen LogP contribution in [0.25, 0.3) is 0 Å². The topological polar surface area (TPSA) is 0 Å². The van der Waals surface area contributed by atoms with Crippen molar-refractivity contribution in [3.8, 4) is 0 Å². The Bertz CT molecular complexity index is 201. The van der Waals surface area contributed by atoms with Crippen LogP contribution in [0.3, 0.4) is 0 Å². The van der Waals surface area contributed by atoms with Gasteiger partial charge in [0.15, 0.2) is 0 Å². The predicted molar refractivity (Wildman–Crippen MR) is 37.2 cm³/mol. The van der Waals surface area contributed by atoms with E-state index in [1.165, 1.54) is 47.3 Å². The molecule has 10 heavy (non-hydrogen) atoms. The van der Waals surface area contributed by atoms with Gasteiger partial charge in [0.05, 0.1) is 0 Å². The molecule has 6 rings (SSSR count). The summed E-state index contributed by atoms with van der Waals surface area (Å²) in [5, 5.41) is 0. The van der Waals surface area contributed by atoms with Crippen LogP contribution in [0.1, 0.15) is 12.8 Å². The SMILES string of the molecule is C1C2C3CC4C2C2C1C3C42. The van der Waals surface area contributed by atoms with Crippen molar-refractivity contribution in [1.29, 1.82) is 0 Å². The maximum Gasteiger partial charge on any atom is -0.0315 e. The molecule has 0 N–H and O–H groups in total. The summed E-state index contributed by atoms with van der Waals surface area (Å²) in [4.78, 5) is 0. The summed E-state index contributed by atoms with van der Waals surface area (Å²) in [5.74, 6) is 10.3. The smallest absolute Gasteiger partial charge is 0.0315 e. The van der Waals surface area contributed by atoms with E-state index >= 15 is 0 Å². The molecule has 0 aromatic rings. The fourth-order valence-corrected chi connectivity index (χ4v) is 6.15. The first-order valence-corrected chi connectivity index (χ1v) is 4.97. The van der Waals surface area contributed by atoms with E-state index in [1.54, 1.807) is 12.8 Å². The van der Waals surface area contributed by atoms with Crippen LogP contribution in [0.15, 0.2) is 0 Å². The Labute approximate surface area is 61.0 Å². The van der Waals surface area contributed by atoms with Crippen LogP contribution in [0, 0.1) is 47.3 Å². The Hall–Kier alpha value is 0. The summed E-state index contributed by atoms with van der Waals surface area (Å²) in [6, 6.07) is 0. The normalized spacial score (nSPS) is 91.2. The number of hydrogen-bond donors (Lipinski definition) is 0. The highest BCUT2D eigenvalue weighted by atomic mass is 14.9. The van der Waals surface area contributed by atoms with E-state index in [4.69, 9.17) is 0 Å². The summed E-state index contributed by atoms with van der Waals surface area (Å²) < 4.78 is 0. The monoisotopic (exact) mass is 132 g/mol. The van der Waals surface area contributed by atoms with Crippen molar-refractivity contribution in [3.05, 3.63) is 0 Å². The molecule has 8 unspecified atom stereocenters. The quantitative estimate of drug-likeness (QED) is 0.471. The highest BCUT2D eigenvalue weighted by Crippen LogP contribution is 2.88. The Morgan fingerprint density at radius 1 is 0.500 bits per heavy atom. The van der Waals surface area contributed by atoms with E-state index < -0.39 is 0 Å². The van der Waals surface area contributed by atoms with Crippen LogP contribution in [0.2, 0.25) is 0 Å². The second-order valence-electron chi connectivity index (χ2n) is 5.44. The Morgan fingerprint density at radius 3 is 1.40 bits per heavy atom. The zero-order chi connectivity index (χ0) is 6.03. The molecule has 0 heteroatoms. The van der Waals surface area contributed by atoms with Gasteiger partial charge in [0.2, 0.25) is 0 Å². The molecule has 6 aliphatic rings. The van der Waals surface area contributed by atoms with E-state index in [0.29, 0.717) is 0 Å². The average molecular weight is 132 g/mol. The van der Waals surface area contributed by atoms with Crippen LogP contribution >= 0.6 is 0 Å². The van der Waals surface area contributed by atoms with E-state index in [-0.39, 0.29) is 0 Å². The summed E-state index contributed by atoms with van der Waals surface area (Å²) in [6.45, 7) is 0. The van der Waals surface area contributed by atoms with Crippen molar-refractivity contribution in [3.63, 3.8) is 0 Å². The van der Waals surface area contributed by atoms with Gasteiger partial charge in [-0.1, -0.05) is 0 Å². The summed E-state index contributed by atoms with van der Waals surface area (Å²) in [7, 11) is 0. The Kier molecular flexibility index (Phi) is 0.352. The first-order chi connectivity index (χ1) is 4.97. The maximum atomic E-state index is 1.68. The zero-order valence-corrected chi connectivity index (χ0v) is 6.03. The molecule has 0 aromatic heterocycles. The van der Waals surface area contributed by atoms with Gasteiger partial charge in [-0.2, -0.15) is 0 Å². The molecule has 0 saturated heterocycles. The molecule has 4 bridgehead atoms. The van der Waals surface area contributed by atoms with Crippen molar-refractivity contribution in [2.75, 3.05) is 0 Å². The van der Waals surface area contributed by atoms with E-state index in [9.17, 15) is 0 Å². The molecule has 6 saturated carbocycles. The average Bonchev–Trinajstić information content (AvgIpc) is 2.32. The fourth-order valence-electron chi connectivity index (χ4n) is 6.15. The lowest BCUT2D eigenvalue weighted by molar-refractivity contribution is -0.169. The van der Waals surface area contributed by atoms with Gasteiger partial charge in [-0.3, -0.25) is 0 Å². The molecule has 0 heterocycles. The summed E-state index contributed by atoms with van der Waals surface area (Å²) >= 11 is 0. The third kappa shape index (κ3) is 0.170. The van der Waals surface area contributed by atoms with Crippen LogP contribution < -0.4 is 0 Å².